The first kappa shape index (κ1) is 10.3. The largest absolute Gasteiger partial charge is 0.496 e. The lowest BCUT2D eigenvalue weighted by atomic mass is 10.1. The highest BCUT2D eigenvalue weighted by atomic mass is 79.9. The second-order valence-electron chi connectivity index (χ2n) is 2.66. The fraction of sp³-hybridized carbons (Fsp3) is 0.300. The van der Waals surface area contributed by atoms with Gasteiger partial charge in [-0.15, -0.1) is 0 Å². The predicted molar refractivity (Wildman–Crippen MR) is 55.1 cm³/mol. The van der Waals surface area contributed by atoms with Gasteiger partial charge in [-0.3, -0.25) is 0 Å². The van der Waals surface area contributed by atoms with Crippen LogP contribution in [-0.4, -0.2) is 13.4 Å². The smallest absolute Gasteiger partial charge is 0.123 e. The average Bonchev–Trinajstić information content (AvgIpc) is 2.16. The molecule has 1 aromatic carbocycles. The van der Waals surface area contributed by atoms with Gasteiger partial charge in [-0.2, -0.15) is 0 Å². The van der Waals surface area contributed by atoms with Crippen molar-refractivity contribution in [2.75, 3.05) is 7.11 Å². The maximum atomic E-state index is 10.2. The standard InChI is InChI=1S/C10H11BrO2/c1-13-10-7-9(11)5-4-8(10)3-2-6-12/h4-7H,2-3H2,1H3. The number of carbonyl (C=O) groups excluding carboxylic acids is 1. The Hall–Kier alpha value is -0.830. The van der Waals surface area contributed by atoms with Crippen molar-refractivity contribution >= 4 is 22.2 Å². The van der Waals surface area contributed by atoms with Gasteiger partial charge in [-0.1, -0.05) is 22.0 Å². The van der Waals surface area contributed by atoms with E-state index in [2.05, 4.69) is 15.9 Å². The Balaban J connectivity index is 2.85. The van der Waals surface area contributed by atoms with Crippen molar-refractivity contribution in [1.82, 2.24) is 0 Å². The Morgan fingerprint density at radius 2 is 2.31 bits per heavy atom. The van der Waals surface area contributed by atoms with Crippen LogP contribution in [0.4, 0.5) is 0 Å². The van der Waals surface area contributed by atoms with Gasteiger partial charge in [0.15, 0.2) is 0 Å². The van der Waals surface area contributed by atoms with Crippen LogP contribution in [0.1, 0.15) is 12.0 Å². The molecule has 70 valence electrons. The van der Waals surface area contributed by atoms with E-state index in [1.54, 1.807) is 7.11 Å². The monoisotopic (exact) mass is 242 g/mol. The van der Waals surface area contributed by atoms with E-state index in [0.29, 0.717) is 6.42 Å². The SMILES string of the molecule is COc1cc(Br)ccc1CCC=O. The van der Waals surface area contributed by atoms with Crippen LogP contribution in [-0.2, 0) is 11.2 Å². The molecule has 0 fully saturated rings. The second-order valence-corrected chi connectivity index (χ2v) is 3.58. The van der Waals surface area contributed by atoms with Gasteiger partial charge in [0.25, 0.3) is 0 Å². The molecule has 0 saturated carbocycles. The first-order chi connectivity index (χ1) is 6.27. The lowest BCUT2D eigenvalue weighted by molar-refractivity contribution is -0.107. The summed E-state index contributed by atoms with van der Waals surface area (Å²) in [5, 5.41) is 0. The van der Waals surface area contributed by atoms with E-state index in [4.69, 9.17) is 4.74 Å². The second kappa shape index (κ2) is 5.02. The predicted octanol–water partition coefficient (Wildman–Crippen LogP) is 2.59. The molecule has 0 aromatic heterocycles. The summed E-state index contributed by atoms with van der Waals surface area (Å²) < 4.78 is 6.16. The molecule has 0 N–H and O–H groups in total. The number of halogens is 1. The maximum Gasteiger partial charge on any atom is 0.123 e. The summed E-state index contributed by atoms with van der Waals surface area (Å²) in [5.74, 6) is 0.830. The van der Waals surface area contributed by atoms with E-state index in [9.17, 15) is 4.79 Å². The summed E-state index contributed by atoms with van der Waals surface area (Å²) in [4.78, 5) is 10.2. The quantitative estimate of drug-likeness (QED) is 0.759. The number of hydrogen-bond donors (Lipinski definition) is 0. The van der Waals surface area contributed by atoms with E-state index in [1.165, 1.54) is 0 Å². The third-order valence-corrected chi connectivity index (χ3v) is 2.27. The Kier molecular flexibility index (Phi) is 3.96. The summed E-state index contributed by atoms with van der Waals surface area (Å²) >= 11 is 3.36. The zero-order chi connectivity index (χ0) is 9.68. The van der Waals surface area contributed by atoms with Crippen LogP contribution in [0.2, 0.25) is 0 Å². The minimum absolute atomic E-state index is 0.540. The molecule has 13 heavy (non-hydrogen) atoms. The molecule has 0 aliphatic carbocycles. The van der Waals surface area contributed by atoms with E-state index in [1.807, 2.05) is 18.2 Å². The average molecular weight is 243 g/mol. The van der Waals surface area contributed by atoms with Gasteiger partial charge in [0.1, 0.15) is 12.0 Å². The summed E-state index contributed by atoms with van der Waals surface area (Å²) in [6, 6.07) is 5.81. The number of benzene rings is 1. The van der Waals surface area contributed by atoms with Crippen LogP contribution in [0.15, 0.2) is 22.7 Å². The van der Waals surface area contributed by atoms with E-state index >= 15 is 0 Å². The van der Waals surface area contributed by atoms with Gasteiger partial charge in [-0.05, 0) is 24.1 Å². The van der Waals surface area contributed by atoms with Crippen molar-refractivity contribution in [3.63, 3.8) is 0 Å². The van der Waals surface area contributed by atoms with Gasteiger partial charge < -0.3 is 9.53 Å². The molecular formula is C10H11BrO2. The highest BCUT2D eigenvalue weighted by Crippen LogP contribution is 2.24. The Bertz CT molecular complexity index is 297. The van der Waals surface area contributed by atoms with E-state index in [-0.39, 0.29) is 0 Å². The highest BCUT2D eigenvalue weighted by molar-refractivity contribution is 9.10. The van der Waals surface area contributed by atoms with Crippen molar-refractivity contribution in [2.45, 2.75) is 12.8 Å². The molecule has 3 heteroatoms. The molecule has 1 rings (SSSR count). The van der Waals surface area contributed by atoms with Crippen molar-refractivity contribution in [3.8, 4) is 5.75 Å². The molecule has 0 amide bonds. The van der Waals surface area contributed by atoms with Crippen LogP contribution >= 0.6 is 15.9 Å². The number of ether oxygens (including phenoxy) is 1. The van der Waals surface area contributed by atoms with Crippen LogP contribution in [0.5, 0.6) is 5.75 Å². The fourth-order valence-corrected chi connectivity index (χ4v) is 1.48. The van der Waals surface area contributed by atoms with Crippen LogP contribution < -0.4 is 4.74 Å². The van der Waals surface area contributed by atoms with Gasteiger partial charge in [0.05, 0.1) is 7.11 Å². The number of methoxy groups -OCH3 is 1. The van der Waals surface area contributed by atoms with Gasteiger partial charge in [0, 0.05) is 10.9 Å². The van der Waals surface area contributed by atoms with Crippen molar-refractivity contribution in [3.05, 3.63) is 28.2 Å². The van der Waals surface area contributed by atoms with E-state index in [0.717, 1.165) is 28.5 Å². The van der Waals surface area contributed by atoms with Crippen molar-refractivity contribution in [2.24, 2.45) is 0 Å². The van der Waals surface area contributed by atoms with Gasteiger partial charge >= 0.3 is 0 Å². The summed E-state index contributed by atoms with van der Waals surface area (Å²) in [5.41, 5.74) is 1.07. The zero-order valence-corrected chi connectivity index (χ0v) is 9.00. The number of rotatable bonds is 4. The lowest BCUT2D eigenvalue weighted by Crippen LogP contribution is -1.92. The summed E-state index contributed by atoms with van der Waals surface area (Å²) in [6.45, 7) is 0. The maximum absolute atomic E-state index is 10.2. The van der Waals surface area contributed by atoms with E-state index < -0.39 is 0 Å². The number of aryl methyl sites for hydroxylation is 1. The summed E-state index contributed by atoms with van der Waals surface area (Å²) in [7, 11) is 1.63. The Morgan fingerprint density at radius 3 is 2.92 bits per heavy atom. The topological polar surface area (TPSA) is 26.3 Å². The van der Waals surface area contributed by atoms with Crippen LogP contribution in [0, 0.1) is 0 Å². The number of hydrogen-bond acceptors (Lipinski definition) is 2. The normalized spacial score (nSPS) is 9.69. The molecule has 0 saturated heterocycles. The first-order valence-electron chi connectivity index (χ1n) is 4.04. The Morgan fingerprint density at radius 1 is 1.54 bits per heavy atom. The molecule has 1 aromatic rings. The molecule has 0 aliphatic rings. The molecule has 0 unspecified atom stereocenters. The highest BCUT2D eigenvalue weighted by Gasteiger charge is 2.02. The third kappa shape index (κ3) is 2.84. The van der Waals surface area contributed by atoms with Crippen molar-refractivity contribution in [1.29, 1.82) is 0 Å². The molecule has 0 aliphatic heterocycles. The molecule has 0 radical (unpaired) electrons. The first-order valence-corrected chi connectivity index (χ1v) is 4.83. The van der Waals surface area contributed by atoms with Gasteiger partial charge in [-0.25, -0.2) is 0 Å². The Labute approximate surface area is 86.0 Å². The lowest BCUT2D eigenvalue weighted by Gasteiger charge is -2.06. The van der Waals surface area contributed by atoms with Crippen LogP contribution in [0.25, 0.3) is 0 Å². The minimum atomic E-state index is 0.540. The fourth-order valence-electron chi connectivity index (χ4n) is 1.14. The molecule has 2 nitrogen and oxygen atoms in total. The minimum Gasteiger partial charge on any atom is -0.496 e. The summed E-state index contributed by atoms with van der Waals surface area (Å²) in [6.07, 6.45) is 2.19. The number of aldehydes is 1. The zero-order valence-electron chi connectivity index (χ0n) is 7.42. The molecule has 0 bridgehead atoms. The molecule has 0 heterocycles. The molecular weight excluding hydrogens is 232 g/mol. The third-order valence-electron chi connectivity index (χ3n) is 1.78. The molecule has 0 spiro atoms. The van der Waals surface area contributed by atoms with Crippen molar-refractivity contribution < 1.29 is 9.53 Å². The van der Waals surface area contributed by atoms with Crippen LogP contribution in [0.3, 0.4) is 0 Å². The number of carbonyl (C=O) groups is 1. The molecule has 0 atom stereocenters. The van der Waals surface area contributed by atoms with Gasteiger partial charge in [0.2, 0.25) is 0 Å².